The molecule has 0 bridgehead atoms. The van der Waals surface area contributed by atoms with Crippen LogP contribution < -0.4 is 0 Å². The molecule has 0 amide bonds. The standard InChI is InChI=1S/C12H11OSi/c14-13-9-8-11-6-3-5-10-4-1-2-7-12(10)11/h1-7H,8-9H2. The molecule has 0 aliphatic rings. The van der Waals surface area contributed by atoms with E-state index in [2.05, 4.69) is 53.0 Å². The lowest BCUT2D eigenvalue weighted by Crippen LogP contribution is -1.95. The molecule has 2 rings (SSSR count). The van der Waals surface area contributed by atoms with Gasteiger partial charge in [-0.1, -0.05) is 42.5 Å². The van der Waals surface area contributed by atoms with E-state index < -0.39 is 0 Å². The quantitative estimate of drug-likeness (QED) is 0.690. The van der Waals surface area contributed by atoms with Gasteiger partial charge in [0.25, 0.3) is 0 Å². The number of rotatable bonds is 3. The Morgan fingerprint density at radius 1 is 1.00 bits per heavy atom. The van der Waals surface area contributed by atoms with Gasteiger partial charge >= 0.3 is 0 Å². The second kappa shape index (κ2) is 4.40. The highest BCUT2D eigenvalue weighted by Crippen LogP contribution is 2.18. The molecule has 0 saturated carbocycles. The summed E-state index contributed by atoms with van der Waals surface area (Å²) in [4.78, 5) is 0. The van der Waals surface area contributed by atoms with E-state index in [4.69, 9.17) is 4.43 Å². The van der Waals surface area contributed by atoms with Crippen LogP contribution in [0.25, 0.3) is 10.8 Å². The van der Waals surface area contributed by atoms with E-state index >= 15 is 0 Å². The van der Waals surface area contributed by atoms with E-state index in [0.29, 0.717) is 6.61 Å². The average Bonchev–Trinajstić information content (AvgIpc) is 2.26. The summed E-state index contributed by atoms with van der Waals surface area (Å²) in [6, 6.07) is 14.8. The van der Waals surface area contributed by atoms with Crippen molar-refractivity contribution in [2.45, 2.75) is 6.42 Å². The molecule has 2 aromatic carbocycles. The molecule has 69 valence electrons. The second-order valence-electron chi connectivity index (χ2n) is 3.24. The Morgan fingerprint density at radius 3 is 2.64 bits per heavy atom. The maximum Gasteiger partial charge on any atom is 0.246 e. The van der Waals surface area contributed by atoms with Gasteiger partial charge in [-0.15, -0.1) is 0 Å². The predicted octanol–water partition coefficient (Wildman–Crippen LogP) is 2.48. The molecule has 0 aliphatic carbocycles. The number of benzene rings is 2. The van der Waals surface area contributed by atoms with Gasteiger partial charge in [0.1, 0.15) is 0 Å². The SMILES string of the molecule is [Si]OCCc1cccc2ccccc12. The fourth-order valence-electron chi connectivity index (χ4n) is 1.67. The minimum Gasteiger partial charge on any atom is -0.418 e. The zero-order valence-corrected chi connectivity index (χ0v) is 8.86. The normalized spacial score (nSPS) is 10.6. The first-order chi connectivity index (χ1) is 6.92. The molecule has 0 N–H and O–H groups in total. The molecule has 0 unspecified atom stereocenters. The summed E-state index contributed by atoms with van der Waals surface area (Å²) in [5.41, 5.74) is 1.33. The minimum atomic E-state index is 0.699. The number of hydrogen-bond acceptors (Lipinski definition) is 1. The fraction of sp³-hybridized carbons (Fsp3) is 0.167. The largest absolute Gasteiger partial charge is 0.418 e. The van der Waals surface area contributed by atoms with Crippen LogP contribution in [0.4, 0.5) is 0 Å². The van der Waals surface area contributed by atoms with Gasteiger partial charge < -0.3 is 4.43 Å². The number of fused-ring (bicyclic) bond motifs is 1. The Labute approximate surface area is 87.3 Å². The van der Waals surface area contributed by atoms with Crippen molar-refractivity contribution in [3.63, 3.8) is 0 Å². The van der Waals surface area contributed by atoms with Crippen LogP contribution in [0.1, 0.15) is 5.56 Å². The lowest BCUT2D eigenvalue weighted by atomic mass is 10.0. The zero-order valence-electron chi connectivity index (χ0n) is 7.86. The Morgan fingerprint density at radius 2 is 1.79 bits per heavy atom. The molecule has 0 heterocycles. The summed E-state index contributed by atoms with van der Waals surface area (Å²) in [5.74, 6) is 0. The van der Waals surface area contributed by atoms with Crippen molar-refractivity contribution in [2.24, 2.45) is 0 Å². The summed E-state index contributed by atoms with van der Waals surface area (Å²) < 4.78 is 4.90. The Balaban J connectivity index is 2.43. The van der Waals surface area contributed by atoms with Crippen LogP contribution in [0, 0.1) is 0 Å². The van der Waals surface area contributed by atoms with Crippen molar-refractivity contribution in [1.29, 1.82) is 0 Å². The van der Waals surface area contributed by atoms with Crippen molar-refractivity contribution >= 4 is 21.3 Å². The molecule has 1 nitrogen and oxygen atoms in total. The Bertz CT molecular complexity index is 420. The summed E-state index contributed by atoms with van der Waals surface area (Å²) in [5, 5.41) is 2.61. The van der Waals surface area contributed by atoms with Gasteiger partial charge in [-0.3, -0.25) is 0 Å². The fourth-order valence-corrected chi connectivity index (χ4v) is 1.77. The van der Waals surface area contributed by atoms with Gasteiger partial charge in [0.15, 0.2) is 0 Å². The Kier molecular flexibility index (Phi) is 2.96. The van der Waals surface area contributed by atoms with Crippen LogP contribution >= 0.6 is 0 Å². The molecule has 3 radical (unpaired) electrons. The van der Waals surface area contributed by atoms with Gasteiger partial charge in [0, 0.05) is 6.61 Å². The van der Waals surface area contributed by atoms with Gasteiger partial charge in [-0.05, 0) is 22.8 Å². The highest BCUT2D eigenvalue weighted by Gasteiger charge is 1.98. The van der Waals surface area contributed by atoms with E-state index in [1.165, 1.54) is 16.3 Å². The summed E-state index contributed by atoms with van der Waals surface area (Å²) >= 11 is 0. The first-order valence-corrected chi connectivity index (χ1v) is 5.08. The van der Waals surface area contributed by atoms with E-state index in [9.17, 15) is 0 Å². The maximum atomic E-state index is 4.90. The molecule has 0 saturated heterocycles. The van der Waals surface area contributed by atoms with Crippen molar-refractivity contribution in [3.8, 4) is 0 Å². The third-order valence-corrected chi connectivity index (χ3v) is 2.56. The molecule has 0 aromatic heterocycles. The highest BCUT2D eigenvalue weighted by molar-refractivity contribution is 5.98. The topological polar surface area (TPSA) is 9.23 Å². The van der Waals surface area contributed by atoms with E-state index in [0.717, 1.165) is 6.42 Å². The molecular formula is C12H11OSi. The van der Waals surface area contributed by atoms with E-state index in [1.807, 2.05) is 0 Å². The summed E-state index contributed by atoms with van der Waals surface area (Å²) in [6.45, 7) is 0.699. The van der Waals surface area contributed by atoms with E-state index in [1.54, 1.807) is 0 Å². The molecular weight excluding hydrogens is 188 g/mol. The van der Waals surface area contributed by atoms with Gasteiger partial charge in [-0.2, -0.15) is 0 Å². The van der Waals surface area contributed by atoms with Crippen molar-refractivity contribution in [3.05, 3.63) is 48.0 Å². The third-order valence-electron chi connectivity index (χ3n) is 2.35. The molecule has 0 atom stereocenters. The molecule has 0 spiro atoms. The van der Waals surface area contributed by atoms with Crippen LogP contribution in [0.2, 0.25) is 0 Å². The molecule has 2 heteroatoms. The molecule has 0 fully saturated rings. The lowest BCUT2D eigenvalue weighted by Gasteiger charge is -2.05. The van der Waals surface area contributed by atoms with Gasteiger partial charge in [-0.25, -0.2) is 0 Å². The van der Waals surface area contributed by atoms with Crippen LogP contribution in [0.3, 0.4) is 0 Å². The summed E-state index contributed by atoms with van der Waals surface area (Å²) in [6.07, 6.45) is 0.935. The van der Waals surface area contributed by atoms with Crippen molar-refractivity contribution in [1.82, 2.24) is 0 Å². The Hall–Kier alpha value is -1.12. The lowest BCUT2D eigenvalue weighted by molar-refractivity contribution is 0.355. The highest BCUT2D eigenvalue weighted by atomic mass is 28.2. The van der Waals surface area contributed by atoms with Crippen LogP contribution in [0.15, 0.2) is 42.5 Å². The van der Waals surface area contributed by atoms with Gasteiger partial charge in [0.2, 0.25) is 10.5 Å². The van der Waals surface area contributed by atoms with Crippen LogP contribution in [-0.4, -0.2) is 17.1 Å². The molecule has 0 aliphatic heterocycles. The number of hydrogen-bond donors (Lipinski definition) is 0. The third kappa shape index (κ3) is 1.86. The first kappa shape index (κ1) is 9.43. The summed E-state index contributed by atoms with van der Waals surface area (Å²) in [7, 11) is 3.02. The van der Waals surface area contributed by atoms with Crippen LogP contribution in [0.5, 0.6) is 0 Å². The van der Waals surface area contributed by atoms with Crippen molar-refractivity contribution < 1.29 is 4.43 Å². The monoisotopic (exact) mass is 199 g/mol. The smallest absolute Gasteiger partial charge is 0.246 e. The van der Waals surface area contributed by atoms with Gasteiger partial charge in [0.05, 0.1) is 0 Å². The molecule has 14 heavy (non-hydrogen) atoms. The van der Waals surface area contributed by atoms with Crippen molar-refractivity contribution in [2.75, 3.05) is 6.61 Å². The molecule has 2 aromatic rings. The second-order valence-corrected chi connectivity index (χ2v) is 3.53. The first-order valence-electron chi connectivity index (χ1n) is 4.67. The predicted molar refractivity (Wildman–Crippen MR) is 59.4 cm³/mol. The van der Waals surface area contributed by atoms with Crippen LogP contribution in [-0.2, 0) is 10.8 Å². The minimum absolute atomic E-state index is 0.699. The van der Waals surface area contributed by atoms with E-state index in [-0.39, 0.29) is 0 Å². The zero-order chi connectivity index (χ0) is 9.80. The average molecular weight is 199 g/mol. The maximum absolute atomic E-state index is 4.90.